The standard InChI is InChI=1S/C10H18N2O2S/c1-7-6-10(2,3)11-9(15)12(7)5-4-8(13)14/h7H,4-6H2,1-3H3,(H,11,15)(H,13,14)/t7-/m1/s1. The molecule has 1 saturated heterocycles. The van der Waals surface area contributed by atoms with Crippen LogP contribution in [0.15, 0.2) is 0 Å². The molecule has 1 rings (SSSR count). The van der Waals surface area contributed by atoms with Crippen LogP contribution < -0.4 is 5.32 Å². The molecule has 0 unspecified atom stereocenters. The van der Waals surface area contributed by atoms with Gasteiger partial charge in [-0.25, -0.2) is 0 Å². The van der Waals surface area contributed by atoms with Crippen molar-refractivity contribution in [1.29, 1.82) is 0 Å². The third-order valence-corrected chi connectivity index (χ3v) is 2.95. The second kappa shape index (κ2) is 4.35. The van der Waals surface area contributed by atoms with Crippen molar-refractivity contribution < 1.29 is 9.90 Å². The first-order chi connectivity index (χ1) is 6.82. The van der Waals surface area contributed by atoms with Crippen LogP contribution in [0.5, 0.6) is 0 Å². The number of nitrogens with zero attached hydrogens (tertiary/aromatic N) is 1. The third-order valence-electron chi connectivity index (χ3n) is 2.61. The van der Waals surface area contributed by atoms with Crippen LogP contribution >= 0.6 is 12.2 Å². The van der Waals surface area contributed by atoms with Crippen LogP contribution in [0, 0.1) is 0 Å². The number of rotatable bonds is 3. The highest BCUT2D eigenvalue weighted by Crippen LogP contribution is 2.21. The summed E-state index contributed by atoms with van der Waals surface area (Å²) in [5.74, 6) is -0.783. The zero-order chi connectivity index (χ0) is 11.6. The second-order valence-corrected chi connectivity index (χ2v) is 5.09. The first kappa shape index (κ1) is 12.2. The molecule has 15 heavy (non-hydrogen) atoms. The van der Waals surface area contributed by atoms with Gasteiger partial charge in [0.25, 0.3) is 0 Å². The molecule has 0 saturated carbocycles. The first-order valence-electron chi connectivity index (χ1n) is 5.12. The van der Waals surface area contributed by atoms with Crippen LogP contribution in [0.25, 0.3) is 0 Å². The Balaban J connectivity index is 2.59. The summed E-state index contributed by atoms with van der Waals surface area (Å²) in [6.45, 7) is 6.77. The maximum absolute atomic E-state index is 10.5. The predicted molar refractivity (Wildman–Crippen MR) is 62.9 cm³/mol. The lowest BCUT2D eigenvalue weighted by molar-refractivity contribution is -0.137. The van der Waals surface area contributed by atoms with E-state index in [-0.39, 0.29) is 12.0 Å². The van der Waals surface area contributed by atoms with Gasteiger partial charge in [-0.1, -0.05) is 0 Å². The van der Waals surface area contributed by atoms with Gasteiger partial charge in [0, 0.05) is 18.1 Å². The molecule has 1 aliphatic rings. The van der Waals surface area contributed by atoms with E-state index >= 15 is 0 Å². The summed E-state index contributed by atoms with van der Waals surface area (Å²) in [7, 11) is 0. The van der Waals surface area contributed by atoms with E-state index in [9.17, 15) is 4.79 Å². The van der Waals surface area contributed by atoms with E-state index in [1.807, 2.05) is 4.90 Å². The third kappa shape index (κ3) is 3.34. The second-order valence-electron chi connectivity index (χ2n) is 4.70. The molecule has 0 aromatic carbocycles. The number of carboxylic acids is 1. The average Bonchev–Trinajstić information content (AvgIpc) is 1.98. The summed E-state index contributed by atoms with van der Waals surface area (Å²) in [4.78, 5) is 12.4. The lowest BCUT2D eigenvalue weighted by atomic mass is 9.93. The number of hydrogen-bond acceptors (Lipinski definition) is 2. The summed E-state index contributed by atoms with van der Waals surface area (Å²) in [6, 6.07) is 0.299. The maximum atomic E-state index is 10.5. The maximum Gasteiger partial charge on any atom is 0.305 e. The van der Waals surface area contributed by atoms with Gasteiger partial charge in [0.05, 0.1) is 6.42 Å². The monoisotopic (exact) mass is 230 g/mol. The van der Waals surface area contributed by atoms with Gasteiger partial charge in [0.15, 0.2) is 5.11 Å². The molecule has 2 N–H and O–H groups in total. The van der Waals surface area contributed by atoms with Gasteiger partial charge >= 0.3 is 5.97 Å². The minimum Gasteiger partial charge on any atom is -0.481 e. The van der Waals surface area contributed by atoms with E-state index in [0.29, 0.717) is 17.7 Å². The Labute approximate surface area is 95.6 Å². The zero-order valence-electron chi connectivity index (χ0n) is 9.41. The molecule has 86 valence electrons. The molecule has 1 heterocycles. The summed E-state index contributed by atoms with van der Waals surface area (Å²) in [6.07, 6.45) is 1.10. The molecule has 0 spiro atoms. The first-order valence-corrected chi connectivity index (χ1v) is 5.53. The van der Waals surface area contributed by atoms with E-state index in [1.54, 1.807) is 0 Å². The highest BCUT2D eigenvalue weighted by Gasteiger charge is 2.32. The van der Waals surface area contributed by atoms with Crippen LogP contribution in [0.4, 0.5) is 0 Å². The fourth-order valence-corrected chi connectivity index (χ4v) is 2.55. The van der Waals surface area contributed by atoms with Crippen molar-refractivity contribution in [2.45, 2.75) is 45.2 Å². The largest absolute Gasteiger partial charge is 0.481 e. The Morgan fingerprint density at radius 2 is 2.33 bits per heavy atom. The molecule has 1 fully saturated rings. The van der Waals surface area contributed by atoms with Crippen LogP contribution in [-0.4, -0.2) is 39.2 Å². The summed E-state index contributed by atoms with van der Waals surface area (Å²) in [5, 5.41) is 12.5. The van der Waals surface area contributed by atoms with Gasteiger partial charge in [-0.2, -0.15) is 0 Å². The van der Waals surface area contributed by atoms with Gasteiger partial charge in [0.2, 0.25) is 0 Å². The zero-order valence-corrected chi connectivity index (χ0v) is 10.2. The molecule has 0 amide bonds. The van der Waals surface area contributed by atoms with Crippen molar-refractivity contribution in [3.8, 4) is 0 Å². The van der Waals surface area contributed by atoms with E-state index in [1.165, 1.54) is 0 Å². The van der Waals surface area contributed by atoms with Gasteiger partial charge in [0.1, 0.15) is 0 Å². The number of nitrogens with one attached hydrogen (secondary N) is 1. The average molecular weight is 230 g/mol. The van der Waals surface area contributed by atoms with Crippen LogP contribution in [0.2, 0.25) is 0 Å². The molecule has 5 heteroatoms. The van der Waals surface area contributed by atoms with Crippen molar-refractivity contribution in [1.82, 2.24) is 10.2 Å². The Bertz CT molecular complexity index is 279. The van der Waals surface area contributed by atoms with Crippen LogP contribution in [-0.2, 0) is 4.79 Å². The lowest BCUT2D eigenvalue weighted by Crippen LogP contribution is -2.60. The molecule has 0 aromatic rings. The van der Waals surface area contributed by atoms with Crippen molar-refractivity contribution in [3.05, 3.63) is 0 Å². The smallest absolute Gasteiger partial charge is 0.305 e. The lowest BCUT2D eigenvalue weighted by Gasteiger charge is -2.44. The van der Waals surface area contributed by atoms with E-state index in [0.717, 1.165) is 6.42 Å². The van der Waals surface area contributed by atoms with Crippen molar-refractivity contribution in [2.24, 2.45) is 0 Å². The summed E-state index contributed by atoms with van der Waals surface area (Å²) < 4.78 is 0. The van der Waals surface area contributed by atoms with Crippen molar-refractivity contribution >= 4 is 23.3 Å². The van der Waals surface area contributed by atoms with E-state index < -0.39 is 5.97 Å². The van der Waals surface area contributed by atoms with E-state index in [4.69, 9.17) is 17.3 Å². The highest BCUT2D eigenvalue weighted by molar-refractivity contribution is 7.80. The van der Waals surface area contributed by atoms with Gasteiger partial charge in [-0.15, -0.1) is 0 Å². The number of aliphatic carboxylic acids is 1. The van der Waals surface area contributed by atoms with Crippen LogP contribution in [0.3, 0.4) is 0 Å². The Kier molecular flexibility index (Phi) is 3.54. The Hall–Kier alpha value is -0.840. The SMILES string of the molecule is C[C@@H]1CC(C)(C)NC(=S)N1CCC(=O)O. The number of hydrogen-bond donors (Lipinski definition) is 2. The fraction of sp³-hybridized carbons (Fsp3) is 0.800. The molecule has 0 aromatic heterocycles. The molecular weight excluding hydrogens is 212 g/mol. The number of carboxylic acid groups (broad SMARTS) is 1. The van der Waals surface area contributed by atoms with Gasteiger partial charge < -0.3 is 15.3 Å². The minimum absolute atomic E-state index is 0.0101. The number of carbonyl (C=O) groups is 1. The molecule has 0 aliphatic carbocycles. The Morgan fingerprint density at radius 1 is 1.73 bits per heavy atom. The molecule has 1 atom stereocenters. The molecule has 0 bridgehead atoms. The van der Waals surface area contributed by atoms with Crippen LogP contribution in [0.1, 0.15) is 33.6 Å². The Morgan fingerprint density at radius 3 is 2.80 bits per heavy atom. The molecule has 4 nitrogen and oxygen atoms in total. The molecule has 1 aliphatic heterocycles. The topological polar surface area (TPSA) is 52.6 Å². The van der Waals surface area contributed by atoms with Gasteiger partial charge in [-0.3, -0.25) is 4.79 Å². The molecule has 0 radical (unpaired) electrons. The van der Waals surface area contributed by atoms with Crippen molar-refractivity contribution in [3.63, 3.8) is 0 Å². The number of thiocarbonyl (C=S) groups is 1. The summed E-state index contributed by atoms with van der Waals surface area (Å²) >= 11 is 5.23. The molecular formula is C10H18N2O2S. The minimum atomic E-state index is -0.783. The fourth-order valence-electron chi connectivity index (χ4n) is 2.00. The van der Waals surface area contributed by atoms with Gasteiger partial charge in [-0.05, 0) is 39.4 Å². The highest BCUT2D eigenvalue weighted by atomic mass is 32.1. The normalized spacial score (nSPS) is 24.9. The van der Waals surface area contributed by atoms with E-state index in [2.05, 4.69) is 26.1 Å². The van der Waals surface area contributed by atoms with Crippen molar-refractivity contribution in [2.75, 3.05) is 6.54 Å². The quantitative estimate of drug-likeness (QED) is 0.714. The predicted octanol–water partition coefficient (Wildman–Crippen LogP) is 1.21. The summed E-state index contributed by atoms with van der Waals surface area (Å²) in [5.41, 5.74) is 0.0101.